The molecule has 0 bridgehead atoms. The Morgan fingerprint density at radius 3 is 2.64 bits per heavy atom. The predicted octanol–water partition coefficient (Wildman–Crippen LogP) is 5.44. The fourth-order valence-corrected chi connectivity index (χ4v) is 3.66. The van der Waals surface area contributed by atoms with Gasteiger partial charge in [0.15, 0.2) is 5.78 Å². The van der Waals surface area contributed by atoms with Gasteiger partial charge < -0.3 is 14.1 Å². The lowest BCUT2D eigenvalue weighted by molar-refractivity contribution is 0.104. The Kier molecular flexibility index (Phi) is 5.74. The molecule has 3 aromatic rings. The van der Waals surface area contributed by atoms with Crippen LogP contribution in [-0.4, -0.2) is 32.1 Å². The van der Waals surface area contributed by atoms with Gasteiger partial charge >= 0.3 is 0 Å². The summed E-state index contributed by atoms with van der Waals surface area (Å²) in [4.78, 5) is 14.8. The second-order valence-electron chi connectivity index (χ2n) is 6.53. The van der Waals surface area contributed by atoms with Crippen LogP contribution in [0.15, 0.2) is 75.6 Å². The predicted molar refractivity (Wildman–Crippen MR) is 115 cm³/mol. The molecule has 0 spiro atoms. The number of ketones is 1. The molecule has 0 atom stereocenters. The molecule has 1 saturated heterocycles. The summed E-state index contributed by atoms with van der Waals surface area (Å²) in [6.45, 7) is 3.13. The monoisotopic (exact) mass is 437 g/mol. The minimum atomic E-state index is -0.0473. The zero-order valence-corrected chi connectivity index (χ0v) is 16.9. The van der Waals surface area contributed by atoms with Crippen LogP contribution < -0.4 is 4.90 Å². The molecular formula is C23H20BrNO3. The van der Waals surface area contributed by atoms with Crippen molar-refractivity contribution in [2.45, 2.75) is 0 Å². The maximum Gasteiger partial charge on any atom is 0.186 e. The molecule has 0 radical (unpaired) electrons. The number of carbonyl (C=O) groups is 1. The first-order chi connectivity index (χ1) is 13.7. The molecule has 4 rings (SSSR count). The first kappa shape index (κ1) is 18.7. The van der Waals surface area contributed by atoms with E-state index in [1.165, 1.54) is 0 Å². The van der Waals surface area contributed by atoms with Gasteiger partial charge in [-0.2, -0.15) is 0 Å². The molecule has 0 saturated carbocycles. The number of furan rings is 1. The molecule has 2 heterocycles. The summed E-state index contributed by atoms with van der Waals surface area (Å²) in [6.07, 6.45) is 3.27. The van der Waals surface area contributed by atoms with Crippen LogP contribution in [0.2, 0.25) is 0 Å². The first-order valence-electron chi connectivity index (χ1n) is 9.20. The van der Waals surface area contributed by atoms with Crippen molar-refractivity contribution in [2.75, 3.05) is 31.2 Å². The molecule has 28 heavy (non-hydrogen) atoms. The van der Waals surface area contributed by atoms with Gasteiger partial charge in [0.2, 0.25) is 0 Å². The van der Waals surface area contributed by atoms with Crippen LogP contribution in [-0.2, 0) is 4.74 Å². The highest BCUT2D eigenvalue weighted by Crippen LogP contribution is 2.29. The number of hydrogen-bond acceptors (Lipinski definition) is 4. The molecule has 0 unspecified atom stereocenters. The highest BCUT2D eigenvalue weighted by Gasteiger charge is 2.13. The molecular weight excluding hydrogens is 418 g/mol. The van der Waals surface area contributed by atoms with Crippen molar-refractivity contribution in [1.29, 1.82) is 0 Å². The maximum absolute atomic E-state index is 12.6. The quantitative estimate of drug-likeness (QED) is 0.393. The molecule has 0 amide bonds. The molecule has 5 heteroatoms. The van der Waals surface area contributed by atoms with Gasteiger partial charge in [-0.3, -0.25) is 4.79 Å². The van der Waals surface area contributed by atoms with Crippen LogP contribution >= 0.6 is 15.9 Å². The van der Waals surface area contributed by atoms with Crippen LogP contribution in [0.1, 0.15) is 16.1 Å². The largest absolute Gasteiger partial charge is 0.457 e. The van der Waals surface area contributed by atoms with E-state index in [2.05, 4.69) is 20.8 Å². The van der Waals surface area contributed by atoms with Crippen molar-refractivity contribution < 1.29 is 13.9 Å². The average Bonchev–Trinajstić information content (AvgIpc) is 3.22. The molecule has 0 N–H and O–H groups in total. The minimum Gasteiger partial charge on any atom is -0.457 e. The molecule has 1 aliphatic rings. The zero-order chi connectivity index (χ0) is 19.3. The normalized spacial score (nSPS) is 14.5. The van der Waals surface area contributed by atoms with Crippen LogP contribution in [0, 0.1) is 0 Å². The number of rotatable bonds is 5. The van der Waals surface area contributed by atoms with Gasteiger partial charge in [-0.1, -0.05) is 46.3 Å². The molecule has 2 aromatic carbocycles. The van der Waals surface area contributed by atoms with Gasteiger partial charge in [0.25, 0.3) is 0 Å². The van der Waals surface area contributed by atoms with Gasteiger partial charge in [-0.25, -0.2) is 0 Å². The summed E-state index contributed by atoms with van der Waals surface area (Å²) in [6, 6.07) is 19.4. The lowest BCUT2D eigenvalue weighted by Crippen LogP contribution is -2.36. The third kappa shape index (κ3) is 4.26. The fourth-order valence-electron chi connectivity index (χ4n) is 3.18. The maximum atomic E-state index is 12.6. The topological polar surface area (TPSA) is 42.7 Å². The van der Waals surface area contributed by atoms with Crippen LogP contribution in [0.4, 0.5) is 5.69 Å². The van der Waals surface area contributed by atoms with E-state index >= 15 is 0 Å². The number of halogens is 1. The number of anilines is 1. The summed E-state index contributed by atoms with van der Waals surface area (Å²) in [7, 11) is 0. The van der Waals surface area contributed by atoms with E-state index in [4.69, 9.17) is 9.15 Å². The summed E-state index contributed by atoms with van der Waals surface area (Å²) in [5, 5.41) is 0. The molecule has 142 valence electrons. The number of hydrogen-bond donors (Lipinski definition) is 0. The van der Waals surface area contributed by atoms with E-state index in [0.717, 1.165) is 47.8 Å². The van der Waals surface area contributed by atoms with Crippen molar-refractivity contribution in [3.05, 3.63) is 82.5 Å². The SMILES string of the molecule is O=C(C=Cc1ccc(-c2ccccc2Br)o1)c1cccc(N2CCOCC2)c1. The van der Waals surface area contributed by atoms with Crippen molar-refractivity contribution in [3.8, 4) is 11.3 Å². The number of carbonyl (C=O) groups excluding carboxylic acids is 1. The second kappa shape index (κ2) is 8.59. The average molecular weight is 438 g/mol. The van der Waals surface area contributed by atoms with E-state index in [9.17, 15) is 4.79 Å². The lowest BCUT2D eigenvalue weighted by Gasteiger charge is -2.29. The smallest absolute Gasteiger partial charge is 0.186 e. The van der Waals surface area contributed by atoms with Gasteiger partial charge in [0, 0.05) is 34.4 Å². The Morgan fingerprint density at radius 1 is 1.00 bits per heavy atom. The van der Waals surface area contributed by atoms with Gasteiger partial charge in [-0.15, -0.1) is 0 Å². The van der Waals surface area contributed by atoms with E-state index < -0.39 is 0 Å². The lowest BCUT2D eigenvalue weighted by atomic mass is 10.1. The van der Waals surface area contributed by atoms with Crippen LogP contribution in [0.5, 0.6) is 0 Å². The first-order valence-corrected chi connectivity index (χ1v) is 10.00. The Labute approximate surface area is 172 Å². The zero-order valence-electron chi connectivity index (χ0n) is 15.3. The van der Waals surface area contributed by atoms with Gasteiger partial charge in [0.1, 0.15) is 11.5 Å². The fraction of sp³-hybridized carbons (Fsp3) is 0.174. The number of nitrogens with zero attached hydrogens (tertiary/aromatic N) is 1. The minimum absolute atomic E-state index is 0.0473. The molecule has 1 aliphatic heterocycles. The van der Waals surface area contributed by atoms with Crippen molar-refractivity contribution >= 4 is 33.5 Å². The number of ether oxygens (including phenoxy) is 1. The van der Waals surface area contributed by atoms with Crippen LogP contribution in [0.3, 0.4) is 0 Å². The highest BCUT2D eigenvalue weighted by atomic mass is 79.9. The summed E-state index contributed by atoms with van der Waals surface area (Å²) >= 11 is 3.53. The van der Waals surface area contributed by atoms with Gasteiger partial charge in [-0.05, 0) is 42.5 Å². The number of morpholine rings is 1. The van der Waals surface area contributed by atoms with E-state index in [1.807, 2.05) is 60.7 Å². The third-order valence-electron chi connectivity index (χ3n) is 4.67. The van der Waals surface area contributed by atoms with Crippen molar-refractivity contribution in [2.24, 2.45) is 0 Å². The second-order valence-corrected chi connectivity index (χ2v) is 7.38. The summed E-state index contributed by atoms with van der Waals surface area (Å²) in [5.41, 5.74) is 2.70. The molecule has 1 aromatic heterocycles. The van der Waals surface area contributed by atoms with E-state index in [-0.39, 0.29) is 5.78 Å². The third-order valence-corrected chi connectivity index (χ3v) is 5.36. The van der Waals surface area contributed by atoms with Crippen molar-refractivity contribution in [1.82, 2.24) is 0 Å². The Hall–Kier alpha value is -2.63. The summed E-state index contributed by atoms with van der Waals surface area (Å²) in [5.74, 6) is 1.35. The summed E-state index contributed by atoms with van der Waals surface area (Å²) < 4.78 is 12.2. The van der Waals surface area contributed by atoms with E-state index in [1.54, 1.807) is 12.2 Å². The van der Waals surface area contributed by atoms with Gasteiger partial charge in [0.05, 0.1) is 13.2 Å². The number of benzene rings is 2. The molecule has 0 aliphatic carbocycles. The van der Waals surface area contributed by atoms with Crippen molar-refractivity contribution in [3.63, 3.8) is 0 Å². The molecule has 1 fully saturated rings. The Morgan fingerprint density at radius 2 is 1.82 bits per heavy atom. The van der Waals surface area contributed by atoms with Crippen LogP contribution in [0.25, 0.3) is 17.4 Å². The Balaban J connectivity index is 1.48. The Bertz CT molecular complexity index is 1000. The highest BCUT2D eigenvalue weighted by molar-refractivity contribution is 9.10. The standard InChI is InChI=1S/C23H20BrNO3/c24-21-7-2-1-6-20(21)23-11-9-19(28-23)8-10-22(26)17-4-3-5-18(16-17)25-12-14-27-15-13-25/h1-11,16H,12-15H2. The molecule has 4 nitrogen and oxygen atoms in total. The number of allylic oxidation sites excluding steroid dienone is 1. The van der Waals surface area contributed by atoms with E-state index in [0.29, 0.717) is 11.3 Å².